The topological polar surface area (TPSA) is 41.1 Å². The maximum Gasteiger partial charge on any atom is 0.134 e. The first-order chi connectivity index (χ1) is 9.17. The third kappa shape index (κ3) is 3.89. The van der Waals surface area contributed by atoms with Crippen LogP contribution in [0.3, 0.4) is 0 Å². The summed E-state index contributed by atoms with van der Waals surface area (Å²) in [5.41, 5.74) is 1.68. The van der Waals surface area contributed by atoms with E-state index < -0.39 is 0 Å². The number of piperidine rings is 1. The van der Waals surface area contributed by atoms with Crippen LogP contribution < -0.4 is 5.32 Å². The third-order valence-corrected chi connectivity index (χ3v) is 5.11. The predicted octanol–water partition coefficient (Wildman–Crippen LogP) is 3.37. The molecule has 0 aliphatic carbocycles. The van der Waals surface area contributed by atoms with E-state index in [0.29, 0.717) is 5.41 Å². The fraction of sp³-hybridized carbons (Fsp3) is 0.857. The fourth-order valence-corrected chi connectivity index (χ4v) is 3.10. The average Bonchev–Trinajstić information content (AvgIpc) is 2.86. The highest BCUT2D eigenvalue weighted by Gasteiger charge is 2.28. The molecule has 1 aliphatic heterocycles. The van der Waals surface area contributed by atoms with Gasteiger partial charge in [-0.2, -0.15) is 0 Å². The van der Waals surface area contributed by atoms with Crippen LogP contribution in [0.25, 0.3) is 0 Å². The number of aromatic nitrogens is 2. The molecule has 4 nitrogen and oxygen atoms in total. The van der Waals surface area contributed by atoms with Crippen LogP contribution in [0.2, 0.25) is 0 Å². The molecular weight excluding hydrogens is 256 g/mol. The summed E-state index contributed by atoms with van der Waals surface area (Å²) in [6.07, 6.45) is 5.04. The summed E-state index contributed by atoms with van der Waals surface area (Å²) in [6.45, 7) is 11.2. The molecule has 1 aromatic heterocycles. The second-order valence-corrected chi connectivity index (χ2v) is 6.67. The molecule has 1 N–H and O–H groups in total. The van der Waals surface area contributed by atoms with Gasteiger partial charge in [-0.3, -0.25) is 4.90 Å². The highest BCUT2D eigenvalue weighted by atomic mass is 32.1. The van der Waals surface area contributed by atoms with Crippen molar-refractivity contribution < 1.29 is 0 Å². The van der Waals surface area contributed by atoms with E-state index in [9.17, 15) is 0 Å². The van der Waals surface area contributed by atoms with Gasteiger partial charge in [-0.1, -0.05) is 31.7 Å². The fourth-order valence-electron chi connectivity index (χ4n) is 2.50. The first kappa shape index (κ1) is 14.7. The van der Waals surface area contributed by atoms with Crippen molar-refractivity contribution in [3.63, 3.8) is 0 Å². The van der Waals surface area contributed by atoms with Gasteiger partial charge in [0.2, 0.25) is 0 Å². The molecule has 2 heterocycles. The quantitative estimate of drug-likeness (QED) is 0.868. The Morgan fingerprint density at radius 3 is 2.68 bits per heavy atom. The molecule has 5 heteroatoms. The van der Waals surface area contributed by atoms with Gasteiger partial charge in [0.15, 0.2) is 0 Å². The molecular formula is C14H26N4S. The summed E-state index contributed by atoms with van der Waals surface area (Å²) in [4.78, 5) is 2.52. The van der Waals surface area contributed by atoms with Gasteiger partial charge in [-0.05, 0) is 37.8 Å². The minimum absolute atomic E-state index is 0.556. The lowest BCUT2D eigenvalue weighted by Gasteiger charge is -2.38. The molecule has 0 spiro atoms. The van der Waals surface area contributed by atoms with E-state index in [2.05, 4.69) is 40.6 Å². The van der Waals surface area contributed by atoms with E-state index in [0.717, 1.165) is 30.2 Å². The Labute approximate surface area is 120 Å². The first-order valence-electron chi connectivity index (χ1n) is 7.44. The van der Waals surface area contributed by atoms with Crippen LogP contribution >= 0.6 is 11.5 Å². The lowest BCUT2D eigenvalue weighted by Crippen LogP contribution is -2.38. The van der Waals surface area contributed by atoms with Crippen molar-refractivity contribution in [2.75, 3.05) is 25.0 Å². The second kappa shape index (κ2) is 6.66. The molecule has 0 bridgehead atoms. The normalized spacial score (nSPS) is 19.5. The number of rotatable bonds is 6. The average molecular weight is 282 g/mol. The third-order valence-electron chi connectivity index (χ3n) is 4.38. The van der Waals surface area contributed by atoms with E-state index in [1.54, 1.807) is 0 Å². The molecule has 0 aromatic carbocycles. The largest absolute Gasteiger partial charge is 0.374 e. The Morgan fingerprint density at radius 1 is 1.32 bits per heavy atom. The molecule has 2 rings (SSSR count). The lowest BCUT2D eigenvalue weighted by molar-refractivity contribution is 0.109. The van der Waals surface area contributed by atoms with Crippen LogP contribution in [0, 0.1) is 5.41 Å². The van der Waals surface area contributed by atoms with Crippen LogP contribution in [0.4, 0.5) is 5.00 Å². The highest BCUT2D eigenvalue weighted by Crippen LogP contribution is 2.34. The Morgan fingerprint density at radius 2 is 2.05 bits per heavy atom. The van der Waals surface area contributed by atoms with Gasteiger partial charge >= 0.3 is 0 Å². The molecule has 1 saturated heterocycles. The van der Waals surface area contributed by atoms with Gasteiger partial charge in [-0.25, -0.2) is 0 Å². The van der Waals surface area contributed by atoms with Crippen molar-refractivity contribution in [1.29, 1.82) is 0 Å². The minimum atomic E-state index is 0.556. The molecule has 0 radical (unpaired) electrons. The van der Waals surface area contributed by atoms with E-state index in [1.165, 1.54) is 43.9 Å². The monoisotopic (exact) mass is 282 g/mol. The van der Waals surface area contributed by atoms with Crippen molar-refractivity contribution in [2.24, 2.45) is 5.41 Å². The van der Waals surface area contributed by atoms with Crippen LogP contribution in [-0.2, 0) is 6.54 Å². The minimum Gasteiger partial charge on any atom is -0.374 e. The van der Waals surface area contributed by atoms with Gasteiger partial charge in [0, 0.05) is 24.6 Å². The SMILES string of the molecule is CCCNc1snnc1CN1CCC(C)(CC)CC1. The van der Waals surface area contributed by atoms with Crippen LogP contribution in [0.1, 0.15) is 52.1 Å². The standard InChI is InChI=1S/C14H26N4S/c1-4-8-15-13-12(16-17-19-13)11-18-9-6-14(3,5-2)7-10-18/h15H,4-11H2,1-3H3. The zero-order valence-electron chi connectivity index (χ0n) is 12.4. The first-order valence-corrected chi connectivity index (χ1v) is 8.21. The molecule has 0 amide bonds. The summed E-state index contributed by atoms with van der Waals surface area (Å²) in [5, 5.41) is 8.87. The van der Waals surface area contributed by atoms with E-state index in [-0.39, 0.29) is 0 Å². The maximum atomic E-state index is 4.28. The molecule has 0 saturated carbocycles. The van der Waals surface area contributed by atoms with Gasteiger partial charge in [-0.15, -0.1) is 5.10 Å². The van der Waals surface area contributed by atoms with Crippen LogP contribution in [-0.4, -0.2) is 34.1 Å². The molecule has 0 unspecified atom stereocenters. The summed E-state index contributed by atoms with van der Waals surface area (Å²) in [7, 11) is 0. The van der Waals surface area contributed by atoms with Crippen LogP contribution in [0.5, 0.6) is 0 Å². The van der Waals surface area contributed by atoms with Crippen molar-refractivity contribution in [1.82, 2.24) is 14.5 Å². The summed E-state index contributed by atoms with van der Waals surface area (Å²) in [5.74, 6) is 0. The zero-order chi connectivity index (χ0) is 13.7. The Balaban J connectivity index is 1.87. The lowest BCUT2D eigenvalue weighted by atomic mass is 9.78. The van der Waals surface area contributed by atoms with Crippen molar-refractivity contribution in [3.8, 4) is 0 Å². The molecule has 1 aliphatic rings. The van der Waals surface area contributed by atoms with Crippen molar-refractivity contribution >= 4 is 16.5 Å². The maximum absolute atomic E-state index is 4.28. The van der Waals surface area contributed by atoms with Crippen molar-refractivity contribution in [3.05, 3.63) is 5.69 Å². The summed E-state index contributed by atoms with van der Waals surface area (Å²) in [6, 6.07) is 0. The number of nitrogens with zero attached hydrogens (tertiary/aromatic N) is 3. The van der Waals surface area contributed by atoms with Crippen molar-refractivity contribution in [2.45, 2.75) is 53.0 Å². The number of anilines is 1. The van der Waals surface area contributed by atoms with E-state index in [4.69, 9.17) is 0 Å². The molecule has 19 heavy (non-hydrogen) atoms. The number of hydrogen-bond donors (Lipinski definition) is 1. The number of nitrogens with one attached hydrogen (secondary N) is 1. The van der Waals surface area contributed by atoms with Gasteiger partial charge < -0.3 is 5.32 Å². The van der Waals surface area contributed by atoms with E-state index >= 15 is 0 Å². The predicted molar refractivity (Wildman–Crippen MR) is 81.6 cm³/mol. The number of likely N-dealkylation sites (tertiary alicyclic amines) is 1. The highest BCUT2D eigenvalue weighted by molar-refractivity contribution is 7.10. The Hall–Kier alpha value is -0.680. The Bertz CT molecular complexity index is 383. The van der Waals surface area contributed by atoms with Gasteiger partial charge in [0.05, 0.1) is 0 Å². The zero-order valence-corrected chi connectivity index (χ0v) is 13.2. The second-order valence-electron chi connectivity index (χ2n) is 5.92. The molecule has 1 fully saturated rings. The summed E-state index contributed by atoms with van der Waals surface area (Å²) >= 11 is 1.48. The van der Waals surface area contributed by atoms with Gasteiger partial charge in [0.25, 0.3) is 0 Å². The molecule has 108 valence electrons. The van der Waals surface area contributed by atoms with Crippen LogP contribution in [0.15, 0.2) is 0 Å². The van der Waals surface area contributed by atoms with E-state index in [1.807, 2.05) is 0 Å². The van der Waals surface area contributed by atoms with Gasteiger partial charge in [0.1, 0.15) is 10.7 Å². The molecule has 1 aromatic rings. The Kier molecular flexibility index (Phi) is 5.16. The smallest absolute Gasteiger partial charge is 0.134 e. The summed E-state index contributed by atoms with van der Waals surface area (Å²) < 4.78 is 4.09. The number of hydrogen-bond acceptors (Lipinski definition) is 5. The molecule has 0 atom stereocenters.